The van der Waals surface area contributed by atoms with Crippen molar-refractivity contribution in [2.24, 2.45) is 5.92 Å². The first kappa shape index (κ1) is 31.0. The van der Waals surface area contributed by atoms with E-state index in [1.165, 1.54) is 17.8 Å². The summed E-state index contributed by atoms with van der Waals surface area (Å²) in [6, 6.07) is 17.6. The van der Waals surface area contributed by atoms with Crippen molar-refractivity contribution in [2.75, 3.05) is 19.3 Å². The van der Waals surface area contributed by atoms with E-state index in [1.807, 2.05) is 66.9 Å². The predicted molar refractivity (Wildman–Crippen MR) is 167 cm³/mol. The summed E-state index contributed by atoms with van der Waals surface area (Å²) >= 11 is 20.1. The smallest absolute Gasteiger partial charge is 0.326 e. The molecular formula is C31H29Cl3N2O4S. The fraction of sp³-hybridized carbons (Fsp3) is 0.258. The maximum absolute atomic E-state index is 12.9. The van der Waals surface area contributed by atoms with Gasteiger partial charge in [-0.15, -0.1) is 11.8 Å². The molecule has 0 aromatic heterocycles. The third kappa shape index (κ3) is 8.07. The number of piperidine rings is 1. The maximum Gasteiger partial charge on any atom is 0.326 e. The minimum absolute atomic E-state index is 0.161. The predicted octanol–water partition coefficient (Wildman–Crippen LogP) is 7.10. The zero-order valence-corrected chi connectivity index (χ0v) is 25.4. The first-order valence-electron chi connectivity index (χ1n) is 13.0. The highest BCUT2D eigenvalue weighted by molar-refractivity contribution is 7.98. The van der Waals surface area contributed by atoms with Gasteiger partial charge in [-0.1, -0.05) is 77.3 Å². The summed E-state index contributed by atoms with van der Waals surface area (Å²) < 4.78 is 0. The third-order valence-corrected chi connectivity index (χ3v) is 9.11. The molecule has 10 heteroatoms. The number of nitrogens with one attached hydrogen (secondary N) is 1. The Kier molecular flexibility index (Phi) is 10.8. The highest BCUT2D eigenvalue weighted by Gasteiger charge is 2.29. The SMILES string of the molecule is CSc1ccc(C=CC(=O)N2CCC(C(=O)NC(Cc3ccc(-c4ccc(Cl)cc4)cc3)C(=O)O)CC2)c(Cl)c1Cl. The molecule has 1 aliphatic rings. The lowest BCUT2D eigenvalue weighted by Gasteiger charge is -2.31. The van der Waals surface area contributed by atoms with E-state index < -0.39 is 12.0 Å². The summed E-state index contributed by atoms with van der Waals surface area (Å²) in [5.74, 6) is -1.96. The summed E-state index contributed by atoms with van der Waals surface area (Å²) in [5, 5.41) is 14.0. The van der Waals surface area contributed by atoms with Crippen molar-refractivity contribution in [2.45, 2.75) is 30.2 Å². The van der Waals surface area contributed by atoms with Gasteiger partial charge < -0.3 is 15.3 Å². The van der Waals surface area contributed by atoms with Crippen LogP contribution in [-0.4, -0.2) is 53.2 Å². The average molecular weight is 632 g/mol. The Morgan fingerprint density at radius 1 is 0.951 bits per heavy atom. The van der Waals surface area contributed by atoms with E-state index in [-0.39, 0.29) is 24.2 Å². The fourth-order valence-electron chi connectivity index (χ4n) is 4.66. The topological polar surface area (TPSA) is 86.7 Å². The second-order valence-corrected chi connectivity index (χ2v) is 11.8. The molecule has 3 aromatic carbocycles. The second-order valence-electron chi connectivity index (χ2n) is 9.73. The third-order valence-electron chi connectivity index (χ3n) is 7.07. The number of amides is 2. The van der Waals surface area contributed by atoms with Crippen molar-refractivity contribution < 1.29 is 19.5 Å². The molecule has 1 unspecified atom stereocenters. The normalized spacial score (nSPS) is 14.7. The Balaban J connectivity index is 1.29. The van der Waals surface area contributed by atoms with Crippen LogP contribution in [0.25, 0.3) is 17.2 Å². The number of aliphatic carboxylic acids is 1. The zero-order valence-electron chi connectivity index (χ0n) is 22.3. The van der Waals surface area contributed by atoms with Gasteiger partial charge in [-0.2, -0.15) is 0 Å². The van der Waals surface area contributed by atoms with Crippen LogP contribution in [0.1, 0.15) is 24.0 Å². The van der Waals surface area contributed by atoms with Crippen molar-refractivity contribution >= 4 is 70.4 Å². The molecule has 2 amide bonds. The van der Waals surface area contributed by atoms with Gasteiger partial charge in [-0.05, 0) is 65.6 Å². The number of carbonyl (C=O) groups excluding carboxylic acids is 2. The van der Waals surface area contributed by atoms with Crippen molar-refractivity contribution in [1.82, 2.24) is 10.2 Å². The molecule has 0 bridgehead atoms. The molecule has 3 aromatic rings. The van der Waals surface area contributed by atoms with Gasteiger partial charge in [0.25, 0.3) is 0 Å². The van der Waals surface area contributed by atoms with Gasteiger partial charge in [0.1, 0.15) is 6.04 Å². The van der Waals surface area contributed by atoms with Crippen molar-refractivity contribution in [3.63, 3.8) is 0 Å². The van der Waals surface area contributed by atoms with Gasteiger partial charge in [-0.3, -0.25) is 9.59 Å². The van der Waals surface area contributed by atoms with E-state index in [0.29, 0.717) is 46.6 Å². The number of hydrogen-bond donors (Lipinski definition) is 2. The summed E-state index contributed by atoms with van der Waals surface area (Å²) in [7, 11) is 0. The summed E-state index contributed by atoms with van der Waals surface area (Å²) in [5.41, 5.74) is 3.43. The van der Waals surface area contributed by atoms with Gasteiger partial charge in [0.2, 0.25) is 11.8 Å². The number of likely N-dealkylation sites (tertiary alicyclic amines) is 1. The Morgan fingerprint density at radius 3 is 2.15 bits per heavy atom. The van der Waals surface area contributed by atoms with Crippen LogP contribution in [0, 0.1) is 5.92 Å². The molecule has 2 N–H and O–H groups in total. The Hall–Kier alpha value is -2.97. The first-order valence-corrected chi connectivity index (χ1v) is 15.4. The lowest BCUT2D eigenvalue weighted by Crippen LogP contribution is -2.48. The van der Waals surface area contributed by atoms with E-state index in [1.54, 1.807) is 11.0 Å². The molecular weight excluding hydrogens is 603 g/mol. The molecule has 0 saturated carbocycles. The van der Waals surface area contributed by atoms with Crippen LogP contribution in [0.5, 0.6) is 0 Å². The highest BCUT2D eigenvalue weighted by Crippen LogP contribution is 2.35. The van der Waals surface area contributed by atoms with E-state index in [2.05, 4.69) is 5.32 Å². The Bertz CT molecular complexity index is 1440. The van der Waals surface area contributed by atoms with Gasteiger partial charge >= 0.3 is 5.97 Å². The standard InChI is InChI=1S/C31H29Cl3N2O4S/c1-41-26-12-8-22(28(33)29(26)34)9-13-27(37)36-16-14-23(15-17-36)30(38)35-25(31(39)40)18-19-2-4-20(5-3-19)21-6-10-24(32)11-7-21/h2-13,23,25H,14-18H2,1H3,(H,35,38)(H,39,40). The molecule has 41 heavy (non-hydrogen) atoms. The lowest BCUT2D eigenvalue weighted by molar-refractivity contribution is -0.142. The number of nitrogens with zero attached hydrogens (tertiary/aromatic N) is 1. The highest BCUT2D eigenvalue weighted by atomic mass is 35.5. The number of benzene rings is 3. The number of halogens is 3. The number of carboxylic acid groups (broad SMARTS) is 1. The molecule has 1 saturated heterocycles. The number of rotatable bonds is 9. The number of thioether (sulfide) groups is 1. The van der Waals surface area contributed by atoms with Crippen LogP contribution in [0.15, 0.2) is 71.6 Å². The monoisotopic (exact) mass is 630 g/mol. The van der Waals surface area contributed by atoms with Gasteiger partial charge in [0.15, 0.2) is 0 Å². The van der Waals surface area contributed by atoms with Crippen LogP contribution in [0.3, 0.4) is 0 Å². The Morgan fingerprint density at radius 2 is 1.56 bits per heavy atom. The lowest BCUT2D eigenvalue weighted by atomic mass is 9.94. The van der Waals surface area contributed by atoms with Crippen LogP contribution in [0.2, 0.25) is 15.1 Å². The summed E-state index contributed by atoms with van der Waals surface area (Å²) in [6.45, 7) is 0.788. The van der Waals surface area contributed by atoms with E-state index >= 15 is 0 Å². The molecule has 4 rings (SSSR count). The molecule has 1 aliphatic heterocycles. The summed E-state index contributed by atoms with van der Waals surface area (Å²) in [4.78, 5) is 40.2. The quantitative estimate of drug-likeness (QED) is 0.194. The van der Waals surface area contributed by atoms with Crippen molar-refractivity contribution in [1.29, 1.82) is 0 Å². The van der Waals surface area contributed by atoms with Crippen LogP contribution in [-0.2, 0) is 20.8 Å². The van der Waals surface area contributed by atoms with Gasteiger partial charge in [-0.25, -0.2) is 4.79 Å². The number of carbonyl (C=O) groups is 3. The molecule has 1 atom stereocenters. The van der Waals surface area contributed by atoms with Crippen molar-refractivity contribution in [3.05, 3.63) is 92.9 Å². The molecule has 0 aliphatic carbocycles. The molecule has 0 radical (unpaired) electrons. The van der Waals surface area contributed by atoms with Gasteiger partial charge in [0, 0.05) is 41.4 Å². The van der Waals surface area contributed by atoms with Crippen molar-refractivity contribution in [3.8, 4) is 11.1 Å². The zero-order chi connectivity index (χ0) is 29.5. The molecule has 6 nitrogen and oxygen atoms in total. The average Bonchev–Trinajstić information content (AvgIpc) is 2.98. The number of hydrogen-bond acceptors (Lipinski definition) is 4. The van der Waals surface area contributed by atoms with Crippen LogP contribution >= 0.6 is 46.6 Å². The van der Waals surface area contributed by atoms with E-state index in [4.69, 9.17) is 34.8 Å². The number of carboxylic acids is 1. The molecule has 1 heterocycles. The largest absolute Gasteiger partial charge is 0.480 e. The molecule has 214 valence electrons. The Labute approximate surface area is 258 Å². The second kappa shape index (κ2) is 14.3. The summed E-state index contributed by atoms with van der Waals surface area (Å²) in [6.07, 6.45) is 6.05. The maximum atomic E-state index is 12.9. The molecule has 0 spiro atoms. The minimum atomic E-state index is -1.10. The minimum Gasteiger partial charge on any atom is -0.480 e. The van der Waals surface area contributed by atoms with Crippen LogP contribution < -0.4 is 5.32 Å². The molecule has 1 fully saturated rings. The first-order chi connectivity index (χ1) is 19.7. The fourth-order valence-corrected chi connectivity index (χ4v) is 5.96. The van der Waals surface area contributed by atoms with Gasteiger partial charge in [0.05, 0.1) is 10.0 Å². The van der Waals surface area contributed by atoms with E-state index in [9.17, 15) is 19.5 Å². The van der Waals surface area contributed by atoms with Crippen LogP contribution in [0.4, 0.5) is 0 Å². The van der Waals surface area contributed by atoms with E-state index in [0.717, 1.165) is 21.6 Å².